The Bertz CT molecular complexity index is 405. The zero-order chi connectivity index (χ0) is 17.5. The molecule has 0 aliphatic carbocycles. The number of likely N-dealkylation sites (N-methyl/N-ethyl adjacent to an activating group) is 1. The molecule has 0 aromatic heterocycles. The van der Waals surface area contributed by atoms with Crippen LogP contribution in [0.15, 0.2) is 0 Å². The van der Waals surface area contributed by atoms with E-state index in [1.165, 1.54) is 26.2 Å². The highest BCUT2D eigenvalue weighted by atomic mass is 16.7. The topological polar surface area (TPSA) is 85.4 Å². The summed E-state index contributed by atoms with van der Waals surface area (Å²) in [5, 5.41) is 1.00. The van der Waals surface area contributed by atoms with Gasteiger partial charge in [-0.2, -0.15) is 0 Å². The number of nitrogens with zero attached hydrogens (tertiary/aromatic N) is 2. The Morgan fingerprint density at radius 3 is 2.09 bits per heavy atom. The fourth-order valence-electron chi connectivity index (χ4n) is 1.50. The minimum atomic E-state index is -0.712. The van der Waals surface area contributed by atoms with Gasteiger partial charge in [-0.1, -0.05) is 0 Å². The van der Waals surface area contributed by atoms with Gasteiger partial charge in [-0.15, -0.1) is 0 Å². The van der Waals surface area contributed by atoms with Crippen molar-refractivity contribution < 1.29 is 28.7 Å². The monoisotopic (exact) mass is 318 g/mol. The molecule has 8 heteroatoms. The van der Waals surface area contributed by atoms with Crippen LogP contribution in [0.1, 0.15) is 34.1 Å². The van der Waals surface area contributed by atoms with Crippen molar-refractivity contribution in [1.82, 2.24) is 9.96 Å². The first-order chi connectivity index (χ1) is 10.0. The Balaban J connectivity index is 5.09. The lowest BCUT2D eigenvalue weighted by molar-refractivity contribution is -0.170. The third kappa shape index (κ3) is 7.26. The summed E-state index contributed by atoms with van der Waals surface area (Å²) in [6.45, 7) is 6.53. The van der Waals surface area contributed by atoms with Crippen LogP contribution >= 0.6 is 0 Å². The first-order valence-electron chi connectivity index (χ1n) is 6.89. The summed E-state index contributed by atoms with van der Waals surface area (Å²) >= 11 is 0. The Morgan fingerprint density at radius 2 is 1.68 bits per heavy atom. The van der Waals surface area contributed by atoms with Crippen molar-refractivity contribution in [2.45, 2.75) is 45.8 Å². The summed E-state index contributed by atoms with van der Waals surface area (Å²) in [6, 6.07) is -0.559. The first-order valence-corrected chi connectivity index (χ1v) is 6.89. The lowest BCUT2D eigenvalue weighted by atomic mass is 10.2. The molecule has 22 heavy (non-hydrogen) atoms. The van der Waals surface area contributed by atoms with Gasteiger partial charge in [0.1, 0.15) is 12.1 Å². The van der Waals surface area contributed by atoms with E-state index in [0.29, 0.717) is 0 Å². The average Bonchev–Trinajstić information content (AvgIpc) is 2.40. The van der Waals surface area contributed by atoms with E-state index in [1.54, 1.807) is 27.7 Å². The predicted octanol–water partition coefficient (Wildman–Crippen LogP) is 1.19. The maximum Gasteiger partial charge on any atom is 0.411 e. The SMILES string of the molecule is COC(=O)C[C@@H](C)N(CC(=O)N(C)OC)C(=O)OC(C)(C)C. The summed E-state index contributed by atoms with van der Waals surface area (Å²) < 4.78 is 9.86. The molecule has 0 spiro atoms. The summed E-state index contributed by atoms with van der Waals surface area (Å²) in [5.74, 6) is -0.918. The molecular weight excluding hydrogens is 292 g/mol. The van der Waals surface area contributed by atoms with E-state index in [1.807, 2.05) is 0 Å². The van der Waals surface area contributed by atoms with Crippen LogP contribution in [0.4, 0.5) is 4.79 Å². The number of methoxy groups -OCH3 is 1. The number of amides is 2. The molecule has 8 nitrogen and oxygen atoms in total. The van der Waals surface area contributed by atoms with Crippen LogP contribution in [-0.2, 0) is 23.9 Å². The molecule has 128 valence electrons. The van der Waals surface area contributed by atoms with Crippen molar-refractivity contribution in [3.63, 3.8) is 0 Å². The normalized spacial score (nSPS) is 12.3. The standard InChI is InChI=1S/C14H26N2O6/c1-10(8-12(18)20-6)16(9-11(17)15(5)21-7)13(19)22-14(2,3)4/h10H,8-9H2,1-7H3/t10-/m1/s1. The molecule has 0 N–H and O–H groups in total. The molecule has 0 aromatic carbocycles. The van der Waals surface area contributed by atoms with E-state index in [4.69, 9.17) is 9.57 Å². The van der Waals surface area contributed by atoms with Crippen molar-refractivity contribution in [3.8, 4) is 0 Å². The van der Waals surface area contributed by atoms with Crippen molar-refractivity contribution in [2.75, 3.05) is 27.8 Å². The number of rotatable bonds is 6. The van der Waals surface area contributed by atoms with E-state index in [2.05, 4.69) is 4.74 Å². The minimum absolute atomic E-state index is 0.0419. The highest BCUT2D eigenvalue weighted by molar-refractivity contribution is 5.82. The largest absolute Gasteiger partial charge is 0.469 e. The van der Waals surface area contributed by atoms with Gasteiger partial charge >= 0.3 is 12.1 Å². The lowest BCUT2D eigenvalue weighted by Crippen LogP contribution is -2.48. The molecule has 0 aromatic rings. The van der Waals surface area contributed by atoms with E-state index < -0.39 is 29.6 Å². The molecule has 0 aliphatic heterocycles. The second-order valence-corrected chi connectivity index (χ2v) is 5.81. The Kier molecular flexibility index (Phi) is 7.86. The molecule has 0 heterocycles. The molecule has 1 atom stereocenters. The first kappa shape index (κ1) is 20.2. The van der Waals surface area contributed by atoms with Gasteiger partial charge in [0, 0.05) is 13.1 Å². The van der Waals surface area contributed by atoms with Gasteiger partial charge in [-0.3, -0.25) is 19.3 Å². The molecule has 0 radical (unpaired) electrons. The summed E-state index contributed by atoms with van der Waals surface area (Å²) in [6.07, 6.45) is -0.721. The van der Waals surface area contributed by atoms with Gasteiger partial charge in [-0.05, 0) is 27.7 Å². The molecule has 0 fully saturated rings. The minimum Gasteiger partial charge on any atom is -0.469 e. The van der Waals surface area contributed by atoms with Crippen LogP contribution in [0.5, 0.6) is 0 Å². The smallest absolute Gasteiger partial charge is 0.411 e. The molecule has 0 unspecified atom stereocenters. The van der Waals surface area contributed by atoms with Crippen molar-refractivity contribution in [2.24, 2.45) is 0 Å². The van der Waals surface area contributed by atoms with Crippen LogP contribution in [-0.4, -0.2) is 67.4 Å². The zero-order valence-electron chi connectivity index (χ0n) is 14.3. The van der Waals surface area contributed by atoms with Crippen molar-refractivity contribution in [1.29, 1.82) is 0 Å². The lowest BCUT2D eigenvalue weighted by Gasteiger charge is -2.31. The highest BCUT2D eigenvalue weighted by Crippen LogP contribution is 2.14. The van der Waals surface area contributed by atoms with Gasteiger partial charge in [0.25, 0.3) is 5.91 Å². The number of carbonyl (C=O) groups is 3. The van der Waals surface area contributed by atoms with Crippen LogP contribution in [0.2, 0.25) is 0 Å². The zero-order valence-corrected chi connectivity index (χ0v) is 14.3. The molecule has 0 aliphatic rings. The van der Waals surface area contributed by atoms with E-state index in [0.717, 1.165) is 5.06 Å². The maximum atomic E-state index is 12.3. The maximum absolute atomic E-state index is 12.3. The second kappa shape index (κ2) is 8.57. The second-order valence-electron chi connectivity index (χ2n) is 5.81. The molecule has 0 saturated carbocycles. The third-order valence-electron chi connectivity index (χ3n) is 2.78. The third-order valence-corrected chi connectivity index (χ3v) is 2.78. The van der Waals surface area contributed by atoms with Gasteiger partial charge in [0.05, 0.1) is 20.6 Å². The van der Waals surface area contributed by atoms with E-state index in [-0.39, 0.29) is 13.0 Å². The molecule has 2 amide bonds. The number of hydrogen-bond donors (Lipinski definition) is 0. The van der Waals surface area contributed by atoms with Crippen LogP contribution < -0.4 is 0 Å². The van der Waals surface area contributed by atoms with Crippen LogP contribution in [0.25, 0.3) is 0 Å². The van der Waals surface area contributed by atoms with Gasteiger partial charge in [0.2, 0.25) is 0 Å². The Morgan fingerprint density at radius 1 is 1.14 bits per heavy atom. The van der Waals surface area contributed by atoms with Crippen LogP contribution in [0, 0.1) is 0 Å². The van der Waals surface area contributed by atoms with Gasteiger partial charge in [0.15, 0.2) is 0 Å². The molecule has 0 bridgehead atoms. The fraction of sp³-hybridized carbons (Fsp3) is 0.786. The number of hydrogen-bond acceptors (Lipinski definition) is 6. The van der Waals surface area contributed by atoms with E-state index >= 15 is 0 Å². The number of ether oxygens (including phenoxy) is 2. The predicted molar refractivity (Wildman–Crippen MR) is 78.8 cm³/mol. The van der Waals surface area contributed by atoms with Crippen LogP contribution in [0.3, 0.4) is 0 Å². The summed E-state index contributed by atoms with van der Waals surface area (Å²) in [7, 11) is 4.03. The van der Waals surface area contributed by atoms with Gasteiger partial charge < -0.3 is 9.47 Å². The molecule has 0 rings (SSSR count). The number of esters is 1. The van der Waals surface area contributed by atoms with E-state index in [9.17, 15) is 14.4 Å². The van der Waals surface area contributed by atoms with Gasteiger partial charge in [-0.25, -0.2) is 9.86 Å². The fourth-order valence-corrected chi connectivity index (χ4v) is 1.50. The van der Waals surface area contributed by atoms with Crippen molar-refractivity contribution >= 4 is 18.0 Å². The number of hydroxylamine groups is 2. The summed E-state index contributed by atoms with van der Waals surface area (Å²) in [4.78, 5) is 41.6. The summed E-state index contributed by atoms with van der Waals surface area (Å²) in [5.41, 5.74) is -0.712. The highest BCUT2D eigenvalue weighted by Gasteiger charge is 2.30. The number of carbonyl (C=O) groups excluding carboxylic acids is 3. The molecule has 0 saturated heterocycles. The quantitative estimate of drug-likeness (QED) is 0.540. The average molecular weight is 318 g/mol. The molecular formula is C14H26N2O6. The van der Waals surface area contributed by atoms with Crippen molar-refractivity contribution in [3.05, 3.63) is 0 Å². The Hall–Kier alpha value is -1.83. The Labute approximate surface area is 131 Å².